The molecule has 142 valence electrons. The number of carboxylic acids is 1. The van der Waals surface area contributed by atoms with Crippen molar-refractivity contribution in [2.45, 2.75) is 42.7 Å². The molecule has 26 heavy (non-hydrogen) atoms. The van der Waals surface area contributed by atoms with Gasteiger partial charge in [-0.1, -0.05) is 0 Å². The normalized spacial score (nSPS) is 25.2. The molecule has 0 saturated carbocycles. The van der Waals surface area contributed by atoms with Crippen molar-refractivity contribution in [2.24, 2.45) is 5.92 Å². The van der Waals surface area contributed by atoms with Gasteiger partial charge in [0.2, 0.25) is 10.0 Å². The van der Waals surface area contributed by atoms with Gasteiger partial charge in [-0.2, -0.15) is 4.31 Å². The van der Waals surface area contributed by atoms with Gasteiger partial charge in [0.15, 0.2) is 0 Å². The van der Waals surface area contributed by atoms with Crippen LogP contribution >= 0.6 is 0 Å². The Balaban J connectivity index is 1.70. The molecule has 3 atom stereocenters. The first-order chi connectivity index (χ1) is 12.3. The number of benzene rings is 1. The van der Waals surface area contributed by atoms with E-state index >= 15 is 0 Å². The largest absolute Gasteiger partial charge is 0.493 e. The summed E-state index contributed by atoms with van der Waals surface area (Å²) in [6, 6.07) is 5.21. The lowest BCUT2D eigenvalue weighted by molar-refractivity contribution is -0.143. The SMILES string of the molecule is COC(=O)CCOc1ccc(S(=O)(=O)N2C3CCC2C(C(=O)O)C3)cc1. The number of aliphatic carboxylic acids is 1. The van der Waals surface area contributed by atoms with Crippen molar-refractivity contribution in [1.82, 2.24) is 4.31 Å². The van der Waals surface area contributed by atoms with Crippen molar-refractivity contribution in [2.75, 3.05) is 13.7 Å². The summed E-state index contributed by atoms with van der Waals surface area (Å²) in [6.45, 7) is 0.134. The van der Waals surface area contributed by atoms with Crippen molar-refractivity contribution in [3.63, 3.8) is 0 Å². The van der Waals surface area contributed by atoms with Crippen LogP contribution in [0.5, 0.6) is 5.75 Å². The van der Waals surface area contributed by atoms with E-state index in [1.807, 2.05) is 0 Å². The number of ether oxygens (including phenoxy) is 2. The fourth-order valence-electron chi connectivity index (χ4n) is 3.76. The molecule has 2 aliphatic rings. The molecule has 1 aromatic carbocycles. The Morgan fingerprint density at radius 2 is 1.92 bits per heavy atom. The quantitative estimate of drug-likeness (QED) is 0.706. The molecule has 0 radical (unpaired) electrons. The third kappa shape index (κ3) is 3.41. The van der Waals surface area contributed by atoms with Crippen LogP contribution in [0.15, 0.2) is 29.2 Å². The van der Waals surface area contributed by atoms with Crippen LogP contribution in [0.4, 0.5) is 0 Å². The smallest absolute Gasteiger partial charge is 0.308 e. The van der Waals surface area contributed by atoms with E-state index in [1.165, 1.54) is 35.7 Å². The molecule has 2 bridgehead atoms. The second-order valence-electron chi connectivity index (χ2n) is 6.46. The van der Waals surface area contributed by atoms with E-state index in [0.717, 1.165) is 0 Å². The van der Waals surface area contributed by atoms with Crippen LogP contribution in [0.3, 0.4) is 0 Å². The minimum absolute atomic E-state index is 0.101. The maximum absolute atomic E-state index is 12.9. The van der Waals surface area contributed by atoms with E-state index in [2.05, 4.69) is 4.74 Å². The summed E-state index contributed by atoms with van der Waals surface area (Å²) in [7, 11) is -2.46. The van der Waals surface area contributed by atoms with E-state index in [9.17, 15) is 23.1 Å². The van der Waals surface area contributed by atoms with Crippen LogP contribution in [-0.4, -0.2) is 55.6 Å². The second-order valence-corrected chi connectivity index (χ2v) is 8.30. The van der Waals surface area contributed by atoms with Crippen molar-refractivity contribution in [1.29, 1.82) is 0 Å². The molecule has 8 nitrogen and oxygen atoms in total. The number of methoxy groups -OCH3 is 1. The van der Waals surface area contributed by atoms with Crippen molar-refractivity contribution >= 4 is 22.0 Å². The first kappa shape index (κ1) is 18.7. The van der Waals surface area contributed by atoms with Gasteiger partial charge in [-0.05, 0) is 43.5 Å². The number of carbonyl (C=O) groups is 2. The Morgan fingerprint density at radius 3 is 2.50 bits per heavy atom. The fraction of sp³-hybridized carbons (Fsp3) is 0.529. The number of rotatable bonds is 7. The number of hydrogen-bond acceptors (Lipinski definition) is 6. The van der Waals surface area contributed by atoms with E-state index < -0.39 is 28.0 Å². The average molecular weight is 383 g/mol. The lowest BCUT2D eigenvalue weighted by Crippen LogP contribution is -2.37. The first-order valence-electron chi connectivity index (χ1n) is 8.40. The Labute approximate surface area is 151 Å². The summed E-state index contributed by atoms with van der Waals surface area (Å²) in [4.78, 5) is 22.5. The molecule has 0 aromatic heterocycles. The predicted octanol–water partition coefficient (Wildman–Crippen LogP) is 1.25. The number of nitrogens with zero attached hydrogens (tertiary/aromatic N) is 1. The van der Waals surface area contributed by atoms with Gasteiger partial charge >= 0.3 is 11.9 Å². The van der Waals surface area contributed by atoms with Crippen LogP contribution in [-0.2, 0) is 24.3 Å². The number of sulfonamides is 1. The molecular weight excluding hydrogens is 362 g/mol. The van der Waals surface area contributed by atoms with Gasteiger partial charge in [-0.25, -0.2) is 8.42 Å². The summed E-state index contributed by atoms with van der Waals surface area (Å²) in [6.07, 6.45) is 1.75. The Hall–Kier alpha value is -2.13. The molecule has 0 spiro atoms. The van der Waals surface area contributed by atoms with Gasteiger partial charge in [-0.3, -0.25) is 9.59 Å². The molecule has 2 fully saturated rings. The molecule has 1 aromatic rings. The highest BCUT2D eigenvalue weighted by atomic mass is 32.2. The van der Waals surface area contributed by atoms with Crippen LogP contribution in [0.25, 0.3) is 0 Å². The van der Waals surface area contributed by atoms with E-state index in [4.69, 9.17) is 4.74 Å². The Bertz CT molecular complexity index is 790. The third-order valence-electron chi connectivity index (χ3n) is 4.99. The van der Waals surface area contributed by atoms with Gasteiger partial charge in [-0.15, -0.1) is 0 Å². The number of esters is 1. The Morgan fingerprint density at radius 1 is 1.23 bits per heavy atom. The maximum Gasteiger partial charge on any atom is 0.308 e. The van der Waals surface area contributed by atoms with E-state index in [0.29, 0.717) is 25.0 Å². The van der Waals surface area contributed by atoms with Gasteiger partial charge in [0.05, 0.1) is 31.0 Å². The van der Waals surface area contributed by atoms with Crippen LogP contribution in [0.1, 0.15) is 25.7 Å². The summed E-state index contributed by atoms with van der Waals surface area (Å²) >= 11 is 0. The topological polar surface area (TPSA) is 110 Å². The summed E-state index contributed by atoms with van der Waals surface area (Å²) in [5, 5.41) is 9.29. The monoisotopic (exact) mass is 383 g/mol. The maximum atomic E-state index is 12.9. The second kappa shape index (κ2) is 7.24. The molecule has 2 heterocycles. The molecule has 0 amide bonds. The number of fused-ring (bicyclic) bond motifs is 2. The van der Waals surface area contributed by atoms with Gasteiger partial charge < -0.3 is 14.6 Å². The number of hydrogen-bond donors (Lipinski definition) is 1. The van der Waals surface area contributed by atoms with Crippen LogP contribution in [0, 0.1) is 5.92 Å². The lowest BCUT2D eigenvalue weighted by atomic mass is 9.89. The number of carboxylic acid groups (broad SMARTS) is 1. The summed E-state index contributed by atoms with van der Waals surface area (Å²) in [5.74, 6) is -1.52. The summed E-state index contributed by atoms with van der Waals surface area (Å²) < 4.78 is 37.2. The predicted molar refractivity (Wildman–Crippen MR) is 90.1 cm³/mol. The van der Waals surface area contributed by atoms with Crippen LogP contribution in [0.2, 0.25) is 0 Å². The molecular formula is C17H21NO7S. The average Bonchev–Trinajstić information content (AvgIpc) is 3.21. The molecule has 2 aliphatic heterocycles. The van der Waals surface area contributed by atoms with Gasteiger partial charge in [0.1, 0.15) is 5.75 Å². The van der Waals surface area contributed by atoms with E-state index in [-0.39, 0.29) is 29.9 Å². The molecule has 9 heteroatoms. The van der Waals surface area contributed by atoms with Gasteiger partial charge in [0.25, 0.3) is 0 Å². The summed E-state index contributed by atoms with van der Waals surface area (Å²) in [5.41, 5.74) is 0. The zero-order valence-electron chi connectivity index (χ0n) is 14.3. The van der Waals surface area contributed by atoms with Gasteiger partial charge in [0, 0.05) is 12.1 Å². The minimum atomic E-state index is -3.76. The highest BCUT2D eigenvalue weighted by molar-refractivity contribution is 7.89. The molecule has 2 saturated heterocycles. The molecule has 3 rings (SSSR count). The van der Waals surface area contributed by atoms with Crippen LogP contribution < -0.4 is 4.74 Å². The first-order valence-corrected chi connectivity index (χ1v) is 9.84. The van der Waals surface area contributed by atoms with E-state index in [1.54, 1.807) is 0 Å². The highest BCUT2D eigenvalue weighted by Gasteiger charge is 2.54. The fourth-order valence-corrected chi connectivity index (χ4v) is 5.68. The standard InChI is InChI=1S/C17H21NO7S/c1-24-16(19)8-9-25-12-3-5-13(6-4-12)26(22,23)18-11-2-7-15(18)14(10-11)17(20)21/h3-6,11,14-15H,2,7-10H2,1H3,(H,20,21). The molecule has 0 aliphatic carbocycles. The zero-order chi connectivity index (χ0) is 18.9. The van der Waals surface area contributed by atoms with Crippen molar-refractivity contribution < 1.29 is 32.6 Å². The highest BCUT2D eigenvalue weighted by Crippen LogP contribution is 2.45. The zero-order valence-corrected chi connectivity index (χ0v) is 15.1. The van der Waals surface area contributed by atoms with Crippen molar-refractivity contribution in [3.05, 3.63) is 24.3 Å². The number of carbonyl (C=O) groups excluding carboxylic acids is 1. The molecule has 1 N–H and O–H groups in total. The molecule has 3 unspecified atom stereocenters. The Kier molecular flexibility index (Phi) is 5.19. The third-order valence-corrected chi connectivity index (χ3v) is 6.98. The lowest BCUT2D eigenvalue weighted by Gasteiger charge is -2.22. The minimum Gasteiger partial charge on any atom is -0.493 e. The van der Waals surface area contributed by atoms with Crippen molar-refractivity contribution in [3.8, 4) is 5.75 Å².